The van der Waals surface area contributed by atoms with Gasteiger partial charge in [-0.25, -0.2) is 0 Å². The van der Waals surface area contributed by atoms with Gasteiger partial charge in [-0.05, 0) is 239 Å². The average molecular weight is 1610 g/mol. The fourth-order valence-electron chi connectivity index (χ4n) is 18.7. The molecule has 0 fully saturated rings. The molecule has 3 heteroatoms. The van der Waals surface area contributed by atoms with E-state index in [-0.39, 0.29) is 0 Å². The number of para-hydroxylation sites is 3. The molecule has 3 nitrogen and oxygen atoms in total. The third-order valence-corrected chi connectivity index (χ3v) is 24.1. The van der Waals surface area contributed by atoms with Gasteiger partial charge in [-0.15, -0.1) is 0 Å². The second-order valence-corrected chi connectivity index (χ2v) is 31.3. The Labute approximate surface area is 730 Å². The van der Waals surface area contributed by atoms with E-state index in [2.05, 4.69) is 402 Å². The normalized spacial score (nSPS) is 11.2. The van der Waals surface area contributed by atoms with Gasteiger partial charge >= 0.3 is 0 Å². The number of furan rings is 3. The highest BCUT2D eigenvalue weighted by Gasteiger charge is 2.24. The van der Waals surface area contributed by atoms with Gasteiger partial charge in [0, 0.05) is 32.3 Å². The number of hydrogen-bond acceptors (Lipinski definition) is 3. The maximum Gasteiger partial charge on any atom is 0.135 e. The van der Waals surface area contributed by atoms with Gasteiger partial charge in [0.15, 0.2) is 0 Å². The van der Waals surface area contributed by atoms with Crippen LogP contribution in [-0.4, -0.2) is 0 Å². The minimum Gasteiger partial charge on any atom is -0.456 e. The van der Waals surface area contributed by atoms with E-state index in [1.807, 2.05) is 77.9 Å². The zero-order valence-electron chi connectivity index (χ0n) is 71.6. The number of benzene rings is 21. The van der Waals surface area contributed by atoms with Crippen LogP contribution in [-0.2, 0) is 0 Å². The van der Waals surface area contributed by atoms with Gasteiger partial charge < -0.3 is 13.3 Å². The topological polar surface area (TPSA) is 39.4 Å². The third-order valence-electron chi connectivity index (χ3n) is 24.1. The molecule has 3 aromatic heterocycles. The molecular weight excluding hydrogens is 1510 g/mol. The van der Waals surface area contributed by atoms with Crippen LogP contribution in [0.25, 0.3) is 231 Å². The van der Waals surface area contributed by atoms with Gasteiger partial charge in [0.2, 0.25) is 0 Å². The molecule has 0 bridgehead atoms. The predicted molar refractivity (Wildman–Crippen MR) is 539 cm³/mol. The summed E-state index contributed by atoms with van der Waals surface area (Å²) in [5, 5.41) is 22.0. The fourth-order valence-corrected chi connectivity index (χ4v) is 18.7. The molecule has 24 rings (SSSR count). The van der Waals surface area contributed by atoms with Crippen molar-refractivity contribution in [2.45, 2.75) is 55.4 Å². The van der Waals surface area contributed by atoms with Gasteiger partial charge in [-0.3, -0.25) is 0 Å². The van der Waals surface area contributed by atoms with Crippen LogP contribution < -0.4 is 0 Å². The van der Waals surface area contributed by atoms with E-state index < -0.39 is 0 Å². The van der Waals surface area contributed by atoms with Crippen molar-refractivity contribution < 1.29 is 13.3 Å². The van der Waals surface area contributed by atoms with E-state index in [0.717, 1.165) is 65.8 Å². The average Bonchev–Trinajstić information content (AvgIpc) is 1.61. The van der Waals surface area contributed by atoms with E-state index in [1.54, 1.807) is 0 Å². The minimum absolute atomic E-state index is 0.918. The van der Waals surface area contributed by atoms with E-state index in [0.29, 0.717) is 0 Å². The first-order valence-corrected chi connectivity index (χ1v) is 43.9. The lowest BCUT2D eigenvalue weighted by Gasteiger charge is -2.19. The highest BCUT2D eigenvalue weighted by atomic mass is 16.3. The molecule has 0 saturated carbocycles. The maximum atomic E-state index is 6.17. The fraction of sp³-hybridized carbons (Fsp3) is 0.0656. The van der Waals surface area contributed by atoms with E-state index >= 15 is 0 Å². The quantitative estimate of drug-likeness (QED) is 0.135. The van der Waals surface area contributed by atoms with Crippen LogP contribution >= 0.6 is 0 Å². The highest BCUT2D eigenvalue weighted by molar-refractivity contribution is 6.26. The van der Waals surface area contributed by atoms with Crippen LogP contribution in [0.1, 0.15) is 52.7 Å². The highest BCUT2D eigenvalue weighted by Crippen LogP contribution is 2.51. The molecule has 600 valence electrons. The second kappa shape index (κ2) is 35.0. The van der Waals surface area contributed by atoms with Crippen LogP contribution in [0.4, 0.5) is 0 Å². The largest absolute Gasteiger partial charge is 0.456 e. The molecule has 0 saturated heterocycles. The number of aryl methyl sites for hydroxylation is 2. The van der Waals surface area contributed by atoms with E-state index in [1.165, 1.54) is 176 Å². The maximum absolute atomic E-state index is 6.17. The molecule has 3 heterocycles. The summed E-state index contributed by atoms with van der Waals surface area (Å²) >= 11 is 0. The molecular formula is C122H94O3. The first-order chi connectivity index (χ1) is 61.8. The van der Waals surface area contributed by atoms with Crippen molar-refractivity contribution in [3.63, 3.8) is 0 Å². The summed E-state index contributed by atoms with van der Waals surface area (Å²) in [6.07, 6.45) is 0. The van der Waals surface area contributed by atoms with Crippen molar-refractivity contribution in [2.75, 3.05) is 0 Å². The van der Waals surface area contributed by atoms with Gasteiger partial charge in [-0.2, -0.15) is 0 Å². The standard InChI is InChI=1S/C40H28O.2C38H24O.3C2H6/c1-25-13-20-33-35(22-25)39(29-16-14-28(15-17-29)27-8-4-3-5-9-27)32-19-12-26(2)23-36(32)40(33)30-18-21-38-34(24-30)31-10-6-7-11-37(31)41-38;1-2-11-25(12-3-1)26-13-10-14-27(23-26)37-30-16-4-6-18-32(30)38(33-19-7-5-17-31(33)37)28-21-22-36-34(24-28)29-15-8-9-20-35(29)39-36;1-2-12-25(13-3-1)27-14-4-5-16-29(27)38-32-19-8-6-17-30(32)37(31-18-7-9-20-33(31)38)26-22-23-36-34(24-26)28-15-10-11-21-35(28)39-36;3*1-2/h3-24H,1-2H3;2*1-24H;3*1-2H3. The second-order valence-electron chi connectivity index (χ2n) is 31.3. The lowest BCUT2D eigenvalue weighted by molar-refractivity contribution is 0.668. The Morgan fingerprint density at radius 2 is 0.368 bits per heavy atom. The molecule has 0 aliphatic heterocycles. The van der Waals surface area contributed by atoms with Crippen molar-refractivity contribution in [1.29, 1.82) is 0 Å². The van der Waals surface area contributed by atoms with Gasteiger partial charge in [-0.1, -0.05) is 417 Å². The van der Waals surface area contributed by atoms with Crippen LogP contribution in [0.5, 0.6) is 0 Å². The molecule has 0 aliphatic rings. The molecule has 0 unspecified atom stereocenters. The molecule has 0 spiro atoms. The summed E-state index contributed by atoms with van der Waals surface area (Å²) in [7, 11) is 0. The van der Waals surface area contributed by atoms with Crippen molar-refractivity contribution in [3.05, 3.63) is 436 Å². The van der Waals surface area contributed by atoms with Crippen molar-refractivity contribution in [1.82, 2.24) is 0 Å². The molecule has 0 radical (unpaired) electrons. The summed E-state index contributed by atoms with van der Waals surface area (Å²) in [5.41, 5.74) is 30.4. The van der Waals surface area contributed by atoms with Crippen molar-refractivity contribution in [3.8, 4) is 100 Å². The van der Waals surface area contributed by atoms with Gasteiger partial charge in [0.05, 0.1) is 0 Å². The summed E-state index contributed by atoms with van der Waals surface area (Å²) in [6, 6.07) is 153. The van der Waals surface area contributed by atoms with Crippen LogP contribution in [0.3, 0.4) is 0 Å². The molecule has 0 atom stereocenters. The Balaban J connectivity index is 0.000000119. The monoisotopic (exact) mass is 1610 g/mol. The Kier molecular flexibility index (Phi) is 22.2. The smallest absolute Gasteiger partial charge is 0.135 e. The Bertz CT molecular complexity index is 7990. The molecule has 125 heavy (non-hydrogen) atoms. The first kappa shape index (κ1) is 79.4. The van der Waals surface area contributed by atoms with Crippen LogP contribution in [0.2, 0.25) is 0 Å². The number of hydrogen-bond donors (Lipinski definition) is 0. The number of fused-ring (bicyclic) bond motifs is 15. The summed E-state index contributed by atoms with van der Waals surface area (Å²) < 4.78 is 18.5. The predicted octanol–water partition coefficient (Wildman–Crippen LogP) is 36.4. The molecule has 24 aromatic rings. The zero-order valence-corrected chi connectivity index (χ0v) is 71.6. The Hall–Kier alpha value is -15.4. The lowest BCUT2D eigenvalue weighted by Crippen LogP contribution is -1.92. The van der Waals surface area contributed by atoms with Crippen molar-refractivity contribution >= 4 is 130 Å². The molecule has 0 aliphatic carbocycles. The summed E-state index contributed by atoms with van der Waals surface area (Å²) in [5.74, 6) is 0. The Morgan fingerprint density at radius 1 is 0.128 bits per heavy atom. The summed E-state index contributed by atoms with van der Waals surface area (Å²) in [4.78, 5) is 0. The molecule has 0 N–H and O–H groups in total. The molecule has 21 aromatic carbocycles. The first-order valence-electron chi connectivity index (χ1n) is 43.9. The van der Waals surface area contributed by atoms with Crippen molar-refractivity contribution in [2.24, 2.45) is 0 Å². The minimum atomic E-state index is 0.918. The third kappa shape index (κ3) is 14.7. The lowest BCUT2D eigenvalue weighted by atomic mass is 9.83. The zero-order chi connectivity index (χ0) is 85.0. The van der Waals surface area contributed by atoms with Crippen LogP contribution in [0.15, 0.2) is 438 Å². The van der Waals surface area contributed by atoms with E-state index in [9.17, 15) is 0 Å². The number of rotatable bonds is 9. The summed E-state index contributed by atoms with van der Waals surface area (Å²) in [6.45, 7) is 16.4. The SMILES string of the molecule is CC.CC.CC.Cc1ccc2c(-c3ccc4oc5ccccc5c4c3)c3cc(C)ccc3c(-c3ccc(-c4ccccc4)cc3)c2c1.c1ccc(-c2cccc(-c3c4ccccc4c(-c4ccc5oc6ccccc6c5c4)c4ccccc34)c2)cc1.c1ccc(-c2ccccc2-c2c3ccccc3c(-c3ccc4oc5ccccc5c4c3)c3ccccc23)cc1. The molecule has 0 amide bonds. The van der Waals surface area contributed by atoms with Gasteiger partial charge in [0.25, 0.3) is 0 Å². The van der Waals surface area contributed by atoms with E-state index in [4.69, 9.17) is 13.3 Å². The van der Waals surface area contributed by atoms with Crippen LogP contribution in [0, 0.1) is 13.8 Å². The Morgan fingerprint density at radius 3 is 0.752 bits per heavy atom. The van der Waals surface area contributed by atoms with Gasteiger partial charge in [0.1, 0.15) is 33.5 Å².